The van der Waals surface area contributed by atoms with E-state index in [2.05, 4.69) is 5.32 Å². The van der Waals surface area contributed by atoms with E-state index in [0.717, 1.165) is 5.56 Å². The van der Waals surface area contributed by atoms with Crippen molar-refractivity contribution in [2.75, 3.05) is 0 Å². The van der Waals surface area contributed by atoms with Crippen LogP contribution in [0.4, 0.5) is 4.39 Å². The first-order valence-corrected chi connectivity index (χ1v) is 7.04. The Morgan fingerprint density at radius 2 is 1.76 bits per heavy atom. The predicted molar refractivity (Wildman–Crippen MR) is 81.5 cm³/mol. The Morgan fingerprint density at radius 1 is 1.19 bits per heavy atom. The summed E-state index contributed by atoms with van der Waals surface area (Å²) in [6, 6.07) is 9.99. The fourth-order valence-corrected chi connectivity index (χ4v) is 2.28. The molecule has 1 aromatic carbocycles. The Hall–Kier alpha value is -2.10. The standard InChI is InChI=1S/C17H21FN2O/c1-17(2,3)19-16(21)12-15(20-10-4-5-11-20)13-6-8-14(18)9-7-13/h4-11,15H,12H2,1-3H3,(H,19,21)/t15-/m1/s1. The normalized spacial score (nSPS) is 13.0. The maximum Gasteiger partial charge on any atom is 0.222 e. The molecule has 0 aliphatic rings. The van der Waals surface area contributed by atoms with E-state index in [1.54, 1.807) is 12.1 Å². The van der Waals surface area contributed by atoms with Crippen LogP contribution in [0.3, 0.4) is 0 Å². The number of carbonyl (C=O) groups is 1. The number of halogens is 1. The maximum absolute atomic E-state index is 13.1. The van der Waals surface area contributed by atoms with Crippen molar-refractivity contribution < 1.29 is 9.18 Å². The molecule has 1 heterocycles. The molecular formula is C17H21FN2O. The number of rotatable bonds is 4. The highest BCUT2D eigenvalue weighted by Crippen LogP contribution is 2.23. The van der Waals surface area contributed by atoms with Crippen LogP contribution in [-0.2, 0) is 4.79 Å². The van der Waals surface area contributed by atoms with Crippen LogP contribution in [0.5, 0.6) is 0 Å². The number of carbonyl (C=O) groups excluding carboxylic acids is 1. The van der Waals surface area contributed by atoms with E-state index in [1.165, 1.54) is 12.1 Å². The minimum absolute atomic E-state index is 0.0227. The van der Waals surface area contributed by atoms with Gasteiger partial charge in [-0.2, -0.15) is 0 Å². The van der Waals surface area contributed by atoms with Gasteiger partial charge in [-0.15, -0.1) is 0 Å². The molecule has 2 aromatic rings. The lowest BCUT2D eigenvalue weighted by Gasteiger charge is -2.24. The SMILES string of the molecule is CC(C)(C)NC(=O)C[C@H](c1ccc(F)cc1)n1cccc1. The van der Waals surface area contributed by atoms with Crippen LogP contribution in [0.1, 0.15) is 38.8 Å². The van der Waals surface area contributed by atoms with E-state index in [4.69, 9.17) is 0 Å². The molecule has 0 aliphatic carbocycles. The van der Waals surface area contributed by atoms with Gasteiger partial charge in [-0.25, -0.2) is 4.39 Å². The second-order valence-corrected chi connectivity index (χ2v) is 6.20. The molecule has 3 nitrogen and oxygen atoms in total. The smallest absolute Gasteiger partial charge is 0.222 e. The van der Waals surface area contributed by atoms with E-state index in [-0.39, 0.29) is 23.3 Å². The zero-order valence-corrected chi connectivity index (χ0v) is 12.6. The molecule has 1 N–H and O–H groups in total. The third-order valence-electron chi connectivity index (χ3n) is 3.14. The van der Waals surface area contributed by atoms with Crippen molar-refractivity contribution >= 4 is 5.91 Å². The van der Waals surface area contributed by atoms with Crippen LogP contribution in [0.15, 0.2) is 48.8 Å². The van der Waals surface area contributed by atoms with Crippen molar-refractivity contribution in [3.63, 3.8) is 0 Å². The number of hydrogen-bond acceptors (Lipinski definition) is 1. The van der Waals surface area contributed by atoms with Crippen molar-refractivity contribution in [3.05, 3.63) is 60.2 Å². The summed E-state index contributed by atoms with van der Waals surface area (Å²) in [6.07, 6.45) is 4.15. The second kappa shape index (κ2) is 6.12. The van der Waals surface area contributed by atoms with E-state index in [1.807, 2.05) is 49.9 Å². The van der Waals surface area contributed by atoms with Gasteiger partial charge in [0.05, 0.1) is 12.5 Å². The van der Waals surface area contributed by atoms with Crippen LogP contribution in [0, 0.1) is 5.82 Å². The Kier molecular flexibility index (Phi) is 4.46. The second-order valence-electron chi connectivity index (χ2n) is 6.20. The number of aromatic nitrogens is 1. The van der Waals surface area contributed by atoms with Crippen molar-refractivity contribution in [1.29, 1.82) is 0 Å². The largest absolute Gasteiger partial charge is 0.351 e. The van der Waals surface area contributed by atoms with Crippen LogP contribution >= 0.6 is 0 Å². The van der Waals surface area contributed by atoms with Gasteiger partial charge < -0.3 is 9.88 Å². The Labute approximate surface area is 124 Å². The third-order valence-corrected chi connectivity index (χ3v) is 3.14. The van der Waals surface area contributed by atoms with Crippen molar-refractivity contribution in [2.24, 2.45) is 0 Å². The van der Waals surface area contributed by atoms with Gasteiger partial charge in [0, 0.05) is 17.9 Å². The number of benzene rings is 1. The van der Waals surface area contributed by atoms with Gasteiger partial charge in [0.15, 0.2) is 0 Å². The monoisotopic (exact) mass is 288 g/mol. The highest BCUT2D eigenvalue weighted by Gasteiger charge is 2.20. The Bertz CT molecular complexity index is 582. The summed E-state index contributed by atoms with van der Waals surface area (Å²) in [5, 5.41) is 2.97. The molecule has 0 spiro atoms. The average molecular weight is 288 g/mol. The van der Waals surface area contributed by atoms with Crippen LogP contribution in [0.2, 0.25) is 0 Å². The molecule has 1 atom stereocenters. The lowest BCUT2D eigenvalue weighted by molar-refractivity contribution is -0.123. The molecule has 0 aliphatic heterocycles. The molecule has 21 heavy (non-hydrogen) atoms. The zero-order valence-electron chi connectivity index (χ0n) is 12.6. The van der Waals surface area contributed by atoms with E-state index in [9.17, 15) is 9.18 Å². The summed E-state index contributed by atoms with van der Waals surface area (Å²) in [4.78, 5) is 12.2. The van der Waals surface area contributed by atoms with Gasteiger partial charge in [0.2, 0.25) is 5.91 Å². The molecule has 2 rings (SSSR count). The minimum Gasteiger partial charge on any atom is -0.351 e. The fourth-order valence-electron chi connectivity index (χ4n) is 2.28. The molecule has 0 radical (unpaired) electrons. The molecule has 1 aromatic heterocycles. The number of nitrogens with zero attached hydrogens (tertiary/aromatic N) is 1. The topological polar surface area (TPSA) is 34.0 Å². The maximum atomic E-state index is 13.1. The number of nitrogens with one attached hydrogen (secondary N) is 1. The van der Waals surface area contributed by atoms with Gasteiger partial charge in [0.25, 0.3) is 0 Å². The minimum atomic E-state index is -0.274. The Balaban J connectivity index is 2.22. The quantitative estimate of drug-likeness (QED) is 0.917. The zero-order chi connectivity index (χ0) is 15.5. The fraction of sp³-hybridized carbons (Fsp3) is 0.353. The summed E-state index contributed by atoms with van der Waals surface area (Å²) in [7, 11) is 0. The van der Waals surface area contributed by atoms with Gasteiger partial charge in [-0.3, -0.25) is 4.79 Å². The average Bonchev–Trinajstić information content (AvgIpc) is 2.88. The predicted octanol–water partition coefficient (Wildman–Crippen LogP) is 3.52. The highest BCUT2D eigenvalue weighted by molar-refractivity contribution is 5.77. The molecule has 0 bridgehead atoms. The van der Waals surface area contributed by atoms with Gasteiger partial charge in [0.1, 0.15) is 5.82 Å². The first-order valence-electron chi connectivity index (χ1n) is 7.04. The molecule has 1 amide bonds. The highest BCUT2D eigenvalue weighted by atomic mass is 19.1. The van der Waals surface area contributed by atoms with Crippen LogP contribution < -0.4 is 5.32 Å². The van der Waals surface area contributed by atoms with Gasteiger partial charge in [-0.05, 0) is 50.6 Å². The van der Waals surface area contributed by atoms with Crippen LogP contribution in [0.25, 0.3) is 0 Å². The van der Waals surface area contributed by atoms with Crippen molar-refractivity contribution in [3.8, 4) is 0 Å². The van der Waals surface area contributed by atoms with Gasteiger partial charge in [-0.1, -0.05) is 12.1 Å². The Morgan fingerprint density at radius 3 is 2.29 bits per heavy atom. The summed E-state index contributed by atoms with van der Waals surface area (Å²) in [5.74, 6) is -0.297. The van der Waals surface area contributed by atoms with Crippen molar-refractivity contribution in [2.45, 2.75) is 38.8 Å². The first-order chi connectivity index (χ1) is 9.85. The van der Waals surface area contributed by atoms with E-state index in [0.29, 0.717) is 6.42 Å². The van der Waals surface area contributed by atoms with Gasteiger partial charge >= 0.3 is 0 Å². The number of amides is 1. The summed E-state index contributed by atoms with van der Waals surface area (Å²) in [5.41, 5.74) is 0.651. The summed E-state index contributed by atoms with van der Waals surface area (Å²) < 4.78 is 15.1. The van der Waals surface area contributed by atoms with E-state index >= 15 is 0 Å². The summed E-state index contributed by atoms with van der Waals surface area (Å²) in [6.45, 7) is 5.86. The van der Waals surface area contributed by atoms with Crippen LogP contribution in [-0.4, -0.2) is 16.0 Å². The molecule has 0 saturated heterocycles. The molecule has 0 saturated carbocycles. The molecule has 112 valence electrons. The first kappa shape index (κ1) is 15.3. The lowest BCUT2D eigenvalue weighted by atomic mass is 10.0. The summed E-state index contributed by atoms with van der Waals surface area (Å²) >= 11 is 0. The lowest BCUT2D eigenvalue weighted by Crippen LogP contribution is -2.41. The molecule has 0 fully saturated rings. The van der Waals surface area contributed by atoms with E-state index < -0.39 is 0 Å². The molecule has 0 unspecified atom stereocenters. The third kappa shape index (κ3) is 4.45. The van der Waals surface area contributed by atoms with Crippen molar-refractivity contribution in [1.82, 2.24) is 9.88 Å². The number of hydrogen-bond donors (Lipinski definition) is 1. The molecule has 4 heteroatoms. The molecular weight excluding hydrogens is 267 g/mol.